The fourth-order valence-electron chi connectivity index (χ4n) is 6.64. The van der Waals surface area contributed by atoms with Crippen molar-refractivity contribution < 1.29 is 14.3 Å². The Kier molecular flexibility index (Phi) is 8.61. The minimum atomic E-state index is -0.108. The molecule has 0 spiro atoms. The molecule has 6 rings (SSSR count). The number of rotatable bonds is 8. The lowest BCUT2D eigenvalue weighted by molar-refractivity contribution is -0.139. The molecule has 1 aromatic heterocycles. The lowest BCUT2D eigenvalue weighted by Crippen LogP contribution is -2.47. The van der Waals surface area contributed by atoms with E-state index in [1.807, 2.05) is 60.7 Å². The van der Waals surface area contributed by atoms with Gasteiger partial charge in [-0.05, 0) is 55.2 Å². The number of benzene rings is 3. The monoisotopic (exact) mass is 561 g/mol. The molecule has 6 nitrogen and oxygen atoms in total. The van der Waals surface area contributed by atoms with Crippen LogP contribution in [0.5, 0.6) is 0 Å². The third-order valence-corrected chi connectivity index (χ3v) is 8.87. The Morgan fingerprint density at radius 1 is 0.952 bits per heavy atom. The van der Waals surface area contributed by atoms with Gasteiger partial charge in [0, 0.05) is 43.2 Å². The van der Waals surface area contributed by atoms with Crippen LogP contribution >= 0.6 is 0 Å². The number of pyridine rings is 1. The van der Waals surface area contributed by atoms with E-state index in [2.05, 4.69) is 41.4 Å². The number of hydrogen-bond acceptors (Lipinski definition) is 4. The largest absolute Gasteiger partial charge is 0.381 e. The first kappa shape index (κ1) is 28.1. The van der Waals surface area contributed by atoms with Crippen molar-refractivity contribution in [2.45, 2.75) is 57.5 Å². The molecule has 1 N–H and O–H groups in total. The standard InChI is InChI=1S/C36H39N3O3/c1-2-31(26-11-5-3-6-12-26)38-36(41)34-29-15-9-10-16-32(29)37-35(27-13-7-4-8-14-27)30(34)23-25-17-20-39(33(40)24-25)28-18-21-42-22-19-28/h3-16,25,28,31H,2,17-24H2,1H3,(H,38,41). The number of nitrogens with zero attached hydrogens (tertiary/aromatic N) is 2. The van der Waals surface area contributed by atoms with Crippen molar-refractivity contribution in [3.8, 4) is 11.3 Å². The van der Waals surface area contributed by atoms with E-state index in [9.17, 15) is 9.59 Å². The molecule has 2 amide bonds. The van der Waals surface area contributed by atoms with Gasteiger partial charge >= 0.3 is 0 Å². The third-order valence-electron chi connectivity index (χ3n) is 8.87. The van der Waals surface area contributed by atoms with Crippen LogP contribution in [0.4, 0.5) is 0 Å². The van der Waals surface area contributed by atoms with Crippen LogP contribution in [-0.2, 0) is 16.0 Å². The molecule has 0 radical (unpaired) electrons. The molecular weight excluding hydrogens is 522 g/mol. The summed E-state index contributed by atoms with van der Waals surface area (Å²) in [6.07, 6.45) is 4.62. The molecule has 4 aromatic rings. The van der Waals surface area contributed by atoms with Gasteiger partial charge in [0.15, 0.2) is 0 Å². The normalized spacial score (nSPS) is 18.6. The lowest BCUT2D eigenvalue weighted by Gasteiger charge is -2.39. The molecule has 3 aromatic carbocycles. The van der Waals surface area contributed by atoms with Gasteiger partial charge in [0.25, 0.3) is 5.91 Å². The van der Waals surface area contributed by atoms with E-state index in [0.717, 1.165) is 78.7 Å². The molecule has 0 aliphatic carbocycles. The summed E-state index contributed by atoms with van der Waals surface area (Å²) in [5, 5.41) is 4.20. The van der Waals surface area contributed by atoms with Gasteiger partial charge in [-0.1, -0.05) is 85.8 Å². The molecule has 2 unspecified atom stereocenters. The molecule has 2 aliphatic heterocycles. The van der Waals surface area contributed by atoms with Crippen molar-refractivity contribution in [2.24, 2.45) is 5.92 Å². The molecule has 2 aliphatic rings. The number of para-hydroxylation sites is 1. The number of fused-ring (bicyclic) bond motifs is 1. The average Bonchev–Trinajstić information content (AvgIpc) is 3.04. The van der Waals surface area contributed by atoms with Crippen molar-refractivity contribution in [2.75, 3.05) is 19.8 Å². The van der Waals surface area contributed by atoms with E-state index in [1.54, 1.807) is 0 Å². The van der Waals surface area contributed by atoms with Crippen LogP contribution in [0, 0.1) is 5.92 Å². The zero-order valence-corrected chi connectivity index (χ0v) is 24.3. The molecule has 42 heavy (non-hydrogen) atoms. The molecule has 3 heterocycles. The summed E-state index contributed by atoms with van der Waals surface area (Å²) in [5.74, 6) is 0.262. The Balaban J connectivity index is 1.39. The second-order valence-electron chi connectivity index (χ2n) is 11.5. The third kappa shape index (κ3) is 5.95. The Morgan fingerprint density at radius 3 is 2.36 bits per heavy atom. The predicted molar refractivity (Wildman–Crippen MR) is 166 cm³/mol. The maximum Gasteiger partial charge on any atom is 0.252 e. The smallest absolute Gasteiger partial charge is 0.252 e. The van der Waals surface area contributed by atoms with E-state index >= 15 is 0 Å². The van der Waals surface area contributed by atoms with Gasteiger partial charge < -0.3 is 15.0 Å². The second-order valence-corrected chi connectivity index (χ2v) is 11.5. The van der Waals surface area contributed by atoms with Crippen LogP contribution in [0.1, 0.15) is 66.6 Å². The highest BCUT2D eigenvalue weighted by Gasteiger charge is 2.33. The van der Waals surface area contributed by atoms with Gasteiger partial charge in [-0.2, -0.15) is 0 Å². The minimum absolute atomic E-state index is 0.0950. The van der Waals surface area contributed by atoms with Gasteiger partial charge in [-0.3, -0.25) is 9.59 Å². The SMILES string of the molecule is CCC(NC(=O)c1c(CC2CCN(C3CCOCC3)C(=O)C2)c(-c2ccccc2)nc2ccccc12)c1ccccc1. The van der Waals surface area contributed by atoms with Crippen LogP contribution in [0.25, 0.3) is 22.2 Å². The van der Waals surface area contributed by atoms with Gasteiger partial charge in [-0.15, -0.1) is 0 Å². The van der Waals surface area contributed by atoms with Crippen molar-refractivity contribution >= 4 is 22.7 Å². The molecule has 0 saturated carbocycles. The maximum absolute atomic E-state index is 14.3. The number of nitrogens with one attached hydrogen (secondary N) is 1. The molecule has 6 heteroatoms. The predicted octanol–water partition coefficient (Wildman–Crippen LogP) is 6.74. The molecule has 2 fully saturated rings. The van der Waals surface area contributed by atoms with Crippen LogP contribution in [0.2, 0.25) is 0 Å². The Labute approximate surface area is 248 Å². The summed E-state index contributed by atoms with van der Waals surface area (Å²) >= 11 is 0. The van der Waals surface area contributed by atoms with Crippen LogP contribution in [-0.4, -0.2) is 47.5 Å². The maximum atomic E-state index is 14.3. The van der Waals surface area contributed by atoms with Crippen molar-refractivity contribution in [3.05, 3.63) is 102 Å². The number of carbonyl (C=O) groups excluding carboxylic acids is 2. The van der Waals surface area contributed by atoms with Gasteiger partial charge in [0.05, 0.1) is 22.8 Å². The first-order valence-electron chi connectivity index (χ1n) is 15.3. The minimum Gasteiger partial charge on any atom is -0.381 e. The quantitative estimate of drug-likeness (QED) is 0.259. The Hall–Kier alpha value is -4.03. The van der Waals surface area contributed by atoms with Crippen molar-refractivity contribution in [3.63, 3.8) is 0 Å². The molecule has 0 bridgehead atoms. The summed E-state index contributed by atoms with van der Waals surface area (Å²) in [6.45, 7) is 4.29. The zero-order valence-electron chi connectivity index (χ0n) is 24.3. The first-order valence-corrected chi connectivity index (χ1v) is 15.3. The summed E-state index contributed by atoms with van der Waals surface area (Å²) in [4.78, 5) is 35.0. The fraction of sp³-hybridized carbons (Fsp3) is 0.361. The molecule has 2 saturated heterocycles. The lowest BCUT2D eigenvalue weighted by atomic mass is 9.84. The Morgan fingerprint density at radius 2 is 1.64 bits per heavy atom. The number of likely N-dealkylation sites (tertiary alicyclic amines) is 1. The van der Waals surface area contributed by atoms with E-state index in [-0.39, 0.29) is 29.8 Å². The number of piperidine rings is 1. The van der Waals surface area contributed by atoms with Crippen molar-refractivity contribution in [1.29, 1.82) is 0 Å². The average molecular weight is 562 g/mol. The fourth-order valence-corrected chi connectivity index (χ4v) is 6.64. The zero-order chi connectivity index (χ0) is 28.9. The van der Waals surface area contributed by atoms with E-state index in [1.165, 1.54) is 0 Å². The highest BCUT2D eigenvalue weighted by molar-refractivity contribution is 6.09. The van der Waals surface area contributed by atoms with Crippen LogP contribution in [0.3, 0.4) is 0 Å². The number of carbonyl (C=O) groups is 2. The van der Waals surface area contributed by atoms with Gasteiger partial charge in [0.2, 0.25) is 5.91 Å². The van der Waals surface area contributed by atoms with E-state index < -0.39 is 0 Å². The molecular formula is C36H39N3O3. The number of aromatic nitrogens is 1. The first-order chi connectivity index (χ1) is 20.6. The highest BCUT2D eigenvalue weighted by Crippen LogP contribution is 2.35. The van der Waals surface area contributed by atoms with Crippen LogP contribution in [0.15, 0.2) is 84.9 Å². The Bertz CT molecular complexity index is 1530. The second kappa shape index (κ2) is 12.9. The molecule has 216 valence electrons. The number of amides is 2. The highest BCUT2D eigenvalue weighted by atomic mass is 16.5. The molecule has 2 atom stereocenters. The van der Waals surface area contributed by atoms with Gasteiger partial charge in [0.1, 0.15) is 0 Å². The van der Waals surface area contributed by atoms with E-state index in [0.29, 0.717) is 18.4 Å². The topological polar surface area (TPSA) is 71.5 Å². The summed E-state index contributed by atoms with van der Waals surface area (Å²) in [7, 11) is 0. The summed E-state index contributed by atoms with van der Waals surface area (Å²) in [5.41, 5.74) is 5.29. The summed E-state index contributed by atoms with van der Waals surface area (Å²) < 4.78 is 5.53. The van der Waals surface area contributed by atoms with E-state index in [4.69, 9.17) is 9.72 Å². The van der Waals surface area contributed by atoms with Crippen molar-refractivity contribution in [1.82, 2.24) is 15.2 Å². The number of hydrogen-bond donors (Lipinski definition) is 1. The summed E-state index contributed by atoms with van der Waals surface area (Å²) in [6, 6.07) is 28.3. The number of ether oxygens (including phenoxy) is 1. The van der Waals surface area contributed by atoms with Gasteiger partial charge in [-0.25, -0.2) is 4.98 Å². The van der Waals surface area contributed by atoms with Crippen LogP contribution < -0.4 is 5.32 Å².